The number of hydrogen-bond donors (Lipinski definition) is 3. The lowest BCUT2D eigenvalue weighted by atomic mass is 10.1. The fourth-order valence-electron chi connectivity index (χ4n) is 10.4. The topological polar surface area (TPSA) is 237 Å². The largest absolute Gasteiger partial charge is 0.472 e. The van der Waals surface area contributed by atoms with E-state index in [9.17, 15) is 43.2 Å². The number of hydrogen-bond acceptors (Lipinski definition) is 15. The minimum absolute atomic E-state index is 0.0582. The van der Waals surface area contributed by atoms with Gasteiger partial charge < -0.3 is 33.8 Å². The molecule has 0 aliphatic heterocycles. The van der Waals surface area contributed by atoms with Crippen LogP contribution < -0.4 is 0 Å². The van der Waals surface area contributed by atoms with Gasteiger partial charge in [-0.2, -0.15) is 0 Å². The molecule has 19 heteroatoms. The molecule has 0 aliphatic carbocycles. The van der Waals surface area contributed by atoms with Crippen molar-refractivity contribution < 1.29 is 80.2 Å². The van der Waals surface area contributed by atoms with Crippen LogP contribution in [0.4, 0.5) is 0 Å². The summed E-state index contributed by atoms with van der Waals surface area (Å²) in [6.07, 6.45) is 90.7. The van der Waals surface area contributed by atoms with Crippen LogP contribution in [0, 0.1) is 0 Å². The zero-order chi connectivity index (χ0) is 77.4. The number of allylic oxidation sites excluding steroid dienone is 26. The van der Waals surface area contributed by atoms with Gasteiger partial charge in [0.15, 0.2) is 12.2 Å². The predicted molar refractivity (Wildman–Crippen MR) is 436 cm³/mol. The maximum absolute atomic E-state index is 13.1. The Bertz CT molecular complexity index is 2630. The normalized spacial score (nSPS) is 14.7. The molecule has 0 aromatic heterocycles. The summed E-state index contributed by atoms with van der Waals surface area (Å²) in [4.78, 5) is 73.1. The summed E-state index contributed by atoms with van der Waals surface area (Å²) < 4.78 is 68.7. The highest BCUT2D eigenvalue weighted by atomic mass is 31.2. The molecule has 0 saturated heterocycles. The SMILES string of the molecule is CC/C=C\C/C=C\C/C=C\C/C=C\CCCCCCCCC(=O)OCC(COP(=O)(O)OCC(O)COP(=O)(O)OCC(COC(=O)CCCCCCCCC/C=C\C/C=C\C/C=C\CC)OC(=O)CCCCCCC/C=C\C/C=C\CCC)OC(=O)CCCCCC/C=C\C/C=C\C/C=C\C/C=C\CC. The summed E-state index contributed by atoms with van der Waals surface area (Å²) in [6.45, 7) is 4.41. The standard InChI is InChI=1S/C87H144O17P2/c1-5-9-13-17-21-25-29-33-36-39-40-43-45-49-52-56-60-64-68-72-85(90)98-78-83(104-87(92)74-70-66-62-58-54-50-46-42-38-35-31-27-23-19-15-11-7-3)80-102-106(95,96)100-76-81(88)75-99-105(93,94)101-79-82(103-86(91)73-69-65-61-57-53-47-32-28-24-20-16-12-8-4)77-97-84(89)71-67-63-59-55-51-48-44-41-37-34-30-26-22-18-14-10-6-2/h9-11,13-16,20-23,25-28,32-38,40,43,46,50,81-83,88H,5-8,12,17-19,24,29-31,39,41-42,44-45,47-49,51-80H2,1-4H3,(H,93,94)(H,95,96)/b13-9-,14-10-,15-11-,20-16-,25-21-,26-22-,27-23-,32-28-,36-33-,37-34-,38-35-,43-40-,50-46-. The van der Waals surface area contributed by atoms with Gasteiger partial charge in [-0.25, -0.2) is 9.13 Å². The average molecular weight is 1520 g/mol. The van der Waals surface area contributed by atoms with Crippen molar-refractivity contribution in [2.45, 2.75) is 329 Å². The number of carbonyl (C=O) groups is 4. The zero-order valence-electron chi connectivity index (χ0n) is 66.1. The highest BCUT2D eigenvalue weighted by Crippen LogP contribution is 2.45. The van der Waals surface area contributed by atoms with Crippen molar-refractivity contribution in [3.63, 3.8) is 0 Å². The molecule has 5 unspecified atom stereocenters. The summed E-state index contributed by atoms with van der Waals surface area (Å²) in [5.74, 6) is -2.25. The molecule has 17 nitrogen and oxygen atoms in total. The Morgan fingerprint density at radius 1 is 0.274 bits per heavy atom. The zero-order valence-corrected chi connectivity index (χ0v) is 67.8. The van der Waals surface area contributed by atoms with E-state index in [0.717, 1.165) is 231 Å². The van der Waals surface area contributed by atoms with E-state index in [1.54, 1.807) is 0 Å². The van der Waals surface area contributed by atoms with Gasteiger partial charge in [-0.3, -0.25) is 37.3 Å². The Morgan fingerprint density at radius 2 is 0.491 bits per heavy atom. The lowest BCUT2D eigenvalue weighted by molar-refractivity contribution is -0.161. The van der Waals surface area contributed by atoms with Crippen molar-refractivity contribution in [2.75, 3.05) is 39.6 Å². The number of phosphoric acid groups is 2. The summed E-state index contributed by atoms with van der Waals surface area (Å²) in [5.41, 5.74) is 0. The Balaban J connectivity index is 5.41. The first-order valence-corrected chi connectivity index (χ1v) is 43.7. The molecule has 0 fully saturated rings. The van der Waals surface area contributed by atoms with Gasteiger partial charge in [0.1, 0.15) is 19.3 Å². The van der Waals surface area contributed by atoms with E-state index in [4.69, 9.17) is 37.0 Å². The van der Waals surface area contributed by atoms with Gasteiger partial charge in [0.2, 0.25) is 0 Å². The van der Waals surface area contributed by atoms with Crippen LogP contribution in [0.1, 0.15) is 310 Å². The van der Waals surface area contributed by atoms with Crippen molar-refractivity contribution in [3.8, 4) is 0 Å². The number of aliphatic hydroxyl groups is 1. The Morgan fingerprint density at radius 3 is 0.755 bits per heavy atom. The van der Waals surface area contributed by atoms with Gasteiger partial charge in [0.25, 0.3) is 0 Å². The molecular formula is C87H144O17P2. The minimum atomic E-state index is -5.00. The fourth-order valence-corrected chi connectivity index (χ4v) is 12.0. The Kier molecular flexibility index (Phi) is 73.9. The van der Waals surface area contributed by atoms with Gasteiger partial charge in [-0.15, -0.1) is 0 Å². The van der Waals surface area contributed by atoms with Crippen molar-refractivity contribution in [1.82, 2.24) is 0 Å². The molecule has 0 amide bonds. The second-order valence-corrected chi connectivity index (χ2v) is 29.5. The number of phosphoric ester groups is 2. The van der Waals surface area contributed by atoms with Crippen LogP contribution in [0.5, 0.6) is 0 Å². The van der Waals surface area contributed by atoms with Crippen LogP contribution in [-0.2, 0) is 65.4 Å². The van der Waals surface area contributed by atoms with Crippen LogP contribution in [0.3, 0.4) is 0 Å². The summed E-state index contributed by atoms with van der Waals surface area (Å²) in [5, 5.41) is 10.7. The molecule has 5 atom stereocenters. The molecule has 0 bridgehead atoms. The first-order chi connectivity index (χ1) is 51.7. The number of esters is 4. The van der Waals surface area contributed by atoms with E-state index in [1.165, 1.54) is 0 Å². The summed E-state index contributed by atoms with van der Waals surface area (Å²) in [6, 6.07) is 0. The second kappa shape index (κ2) is 77.8. The van der Waals surface area contributed by atoms with Crippen LogP contribution in [0.15, 0.2) is 158 Å². The number of carbonyl (C=O) groups excluding carboxylic acids is 4. The summed E-state index contributed by atoms with van der Waals surface area (Å²) in [7, 11) is -9.99. The lowest BCUT2D eigenvalue weighted by Crippen LogP contribution is -2.30. The maximum Gasteiger partial charge on any atom is 0.472 e. The van der Waals surface area contributed by atoms with Crippen molar-refractivity contribution in [3.05, 3.63) is 158 Å². The first kappa shape index (κ1) is 101. The van der Waals surface area contributed by atoms with Crippen molar-refractivity contribution in [1.29, 1.82) is 0 Å². The van der Waals surface area contributed by atoms with E-state index in [-0.39, 0.29) is 25.7 Å². The van der Waals surface area contributed by atoms with E-state index < -0.39 is 97.5 Å². The van der Waals surface area contributed by atoms with Crippen molar-refractivity contribution >= 4 is 39.5 Å². The number of ether oxygens (including phenoxy) is 4. The second-order valence-electron chi connectivity index (χ2n) is 26.6. The number of unbranched alkanes of at least 4 members (excludes halogenated alkanes) is 23. The molecule has 0 rings (SSSR count). The average Bonchev–Trinajstić information content (AvgIpc) is 0.907. The van der Waals surface area contributed by atoms with Gasteiger partial charge in [-0.05, 0) is 161 Å². The van der Waals surface area contributed by atoms with Crippen LogP contribution >= 0.6 is 15.6 Å². The predicted octanol–water partition coefficient (Wildman–Crippen LogP) is 24.0. The highest BCUT2D eigenvalue weighted by Gasteiger charge is 2.30. The maximum atomic E-state index is 13.1. The molecule has 0 heterocycles. The molecule has 0 aromatic rings. The van der Waals surface area contributed by atoms with Gasteiger partial charge >= 0.3 is 39.5 Å². The number of aliphatic hydroxyl groups excluding tert-OH is 1. The fraction of sp³-hybridized carbons (Fsp3) is 0.655. The van der Waals surface area contributed by atoms with Crippen molar-refractivity contribution in [2.24, 2.45) is 0 Å². The molecule has 106 heavy (non-hydrogen) atoms. The Labute approximate surface area is 642 Å². The molecule has 0 aliphatic rings. The van der Waals surface area contributed by atoms with E-state index in [2.05, 4.69) is 186 Å². The van der Waals surface area contributed by atoms with Gasteiger partial charge in [0, 0.05) is 25.7 Å². The molecule has 0 radical (unpaired) electrons. The van der Waals surface area contributed by atoms with E-state index in [0.29, 0.717) is 25.7 Å². The Hall–Kier alpha value is -5.32. The molecule has 0 saturated carbocycles. The van der Waals surface area contributed by atoms with Crippen LogP contribution in [0.25, 0.3) is 0 Å². The minimum Gasteiger partial charge on any atom is -0.462 e. The van der Waals surface area contributed by atoms with Crippen LogP contribution in [-0.4, -0.2) is 96.7 Å². The quantitative estimate of drug-likeness (QED) is 0.0169. The molecule has 3 N–H and O–H groups in total. The van der Waals surface area contributed by atoms with Gasteiger partial charge in [0.05, 0.1) is 26.4 Å². The number of rotatable bonds is 75. The van der Waals surface area contributed by atoms with E-state index >= 15 is 0 Å². The van der Waals surface area contributed by atoms with Gasteiger partial charge in [-0.1, -0.05) is 282 Å². The molecule has 604 valence electrons. The van der Waals surface area contributed by atoms with Crippen LogP contribution in [0.2, 0.25) is 0 Å². The molecule has 0 aromatic carbocycles. The summed E-state index contributed by atoms with van der Waals surface area (Å²) >= 11 is 0. The molecule has 0 spiro atoms. The third kappa shape index (κ3) is 76.9. The third-order valence-corrected chi connectivity index (χ3v) is 18.4. The van der Waals surface area contributed by atoms with E-state index in [1.807, 2.05) is 0 Å². The monoisotopic (exact) mass is 1520 g/mol. The smallest absolute Gasteiger partial charge is 0.462 e. The third-order valence-electron chi connectivity index (χ3n) is 16.4. The first-order valence-electron chi connectivity index (χ1n) is 40.7. The lowest BCUT2D eigenvalue weighted by Gasteiger charge is -2.21. The molecular weight excluding hydrogens is 1380 g/mol. The highest BCUT2D eigenvalue weighted by molar-refractivity contribution is 7.47.